The van der Waals surface area contributed by atoms with Gasteiger partial charge in [0.05, 0.1) is 17.0 Å². The first-order valence-corrected chi connectivity index (χ1v) is 13.0. The summed E-state index contributed by atoms with van der Waals surface area (Å²) >= 11 is 0. The number of carbonyl (C=O) groups excluding carboxylic acids is 2. The van der Waals surface area contributed by atoms with E-state index < -0.39 is 39.2 Å². The van der Waals surface area contributed by atoms with Gasteiger partial charge in [-0.2, -0.15) is 0 Å². The topological polar surface area (TPSA) is 114 Å². The average molecular weight is 528 g/mol. The summed E-state index contributed by atoms with van der Waals surface area (Å²) in [6.07, 6.45) is 0.213. The maximum Gasteiger partial charge on any atom is 0.251 e. The van der Waals surface area contributed by atoms with Crippen LogP contribution in [0.1, 0.15) is 29.8 Å². The van der Waals surface area contributed by atoms with Gasteiger partial charge < -0.3 is 15.4 Å². The minimum absolute atomic E-state index is 0.0279. The first-order valence-electron chi connectivity index (χ1n) is 11.5. The largest absolute Gasteiger partial charge is 0.383 e. The summed E-state index contributed by atoms with van der Waals surface area (Å²) in [5.74, 6) is -1.49. The minimum atomic E-state index is -3.82. The molecule has 0 radical (unpaired) electrons. The fourth-order valence-electron chi connectivity index (χ4n) is 3.66. The summed E-state index contributed by atoms with van der Waals surface area (Å²) < 4.78 is 46.3. The van der Waals surface area contributed by atoms with Crippen molar-refractivity contribution in [3.05, 3.63) is 95.8 Å². The van der Waals surface area contributed by atoms with Gasteiger partial charge in [-0.05, 0) is 67.9 Å². The van der Waals surface area contributed by atoms with Crippen molar-refractivity contribution in [1.82, 2.24) is 10.0 Å². The van der Waals surface area contributed by atoms with Gasteiger partial charge in [0.25, 0.3) is 5.91 Å². The van der Waals surface area contributed by atoms with Crippen LogP contribution < -0.4 is 15.4 Å². The van der Waals surface area contributed by atoms with Crippen LogP contribution >= 0.6 is 0 Å². The molecule has 10 heteroatoms. The van der Waals surface area contributed by atoms with Crippen LogP contribution in [0.2, 0.25) is 0 Å². The molecule has 3 N–H and O–H groups in total. The van der Waals surface area contributed by atoms with Crippen LogP contribution in [-0.4, -0.2) is 45.5 Å². The molecule has 0 spiro atoms. The quantitative estimate of drug-likeness (QED) is 0.353. The molecule has 0 saturated carbocycles. The molecule has 8 nitrogen and oxygen atoms in total. The Morgan fingerprint density at radius 1 is 0.946 bits per heavy atom. The summed E-state index contributed by atoms with van der Waals surface area (Å²) in [5.41, 5.74) is 0.585. The number of hydrogen-bond acceptors (Lipinski definition) is 5. The number of rotatable bonds is 11. The highest BCUT2D eigenvalue weighted by Crippen LogP contribution is 2.17. The third-order valence-corrected chi connectivity index (χ3v) is 7.07. The van der Waals surface area contributed by atoms with Crippen LogP contribution in [0, 0.1) is 5.82 Å². The predicted molar refractivity (Wildman–Crippen MR) is 139 cm³/mol. The van der Waals surface area contributed by atoms with E-state index in [0.717, 1.165) is 5.56 Å². The number of carbonyl (C=O) groups is 2. The van der Waals surface area contributed by atoms with E-state index in [1.54, 1.807) is 13.8 Å². The van der Waals surface area contributed by atoms with Gasteiger partial charge in [0.2, 0.25) is 15.9 Å². The fraction of sp³-hybridized carbons (Fsp3) is 0.259. The molecule has 1 atom stereocenters. The molecule has 196 valence electrons. The zero-order valence-electron chi connectivity index (χ0n) is 20.8. The Morgan fingerprint density at radius 2 is 1.57 bits per heavy atom. The molecule has 0 aliphatic heterocycles. The minimum Gasteiger partial charge on any atom is -0.383 e. The van der Waals surface area contributed by atoms with Crippen LogP contribution in [0.15, 0.2) is 83.8 Å². The smallest absolute Gasteiger partial charge is 0.251 e. The van der Waals surface area contributed by atoms with Crippen molar-refractivity contribution in [1.29, 1.82) is 0 Å². The molecule has 3 rings (SSSR count). The molecule has 0 fully saturated rings. The van der Waals surface area contributed by atoms with Gasteiger partial charge in [-0.1, -0.05) is 30.3 Å². The Hall–Kier alpha value is -3.60. The second kappa shape index (κ2) is 12.1. The lowest BCUT2D eigenvalue weighted by molar-refractivity contribution is -0.118. The van der Waals surface area contributed by atoms with Gasteiger partial charge in [-0.3, -0.25) is 9.59 Å². The summed E-state index contributed by atoms with van der Waals surface area (Å²) in [6.45, 7) is 3.60. The van der Waals surface area contributed by atoms with E-state index in [-0.39, 0.29) is 23.5 Å². The van der Waals surface area contributed by atoms with Gasteiger partial charge >= 0.3 is 0 Å². The van der Waals surface area contributed by atoms with Gasteiger partial charge in [0.1, 0.15) is 11.9 Å². The van der Waals surface area contributed by atoms with E-state index in [4.69, 9.17) is 4.74 Å². The van der Waals surface area contributed by atoms with E-state index in [1.165, 1.54) is 55.6 Å². The summed E-state index contributed by atoms with van der Waals surface area (Å²) in [7, 11) is -2.33. The van der Waals surface area contributed by atoms with E-state index in [1.807, 2.05) is 30.3 Å². The highest BCUT2D eigenvalue weighted by Gasteiger charge is 2.27. The first kappa shape index (κ1) is 28.0. The van der Waals surface area contributed by atoms with Crippen LogP contribution in [0.3, 0.4) is 0 Å². The lowest BCUT2D eigenvalue weighted by atomic mass is 10.0. The Balaban J connectivity index is 1.75. The number of halogens is 1. The molecule has 3 aromatic rings. The van der Waals surface area contributed by atoms with Crippen LogP contribution in [0.25, 0.3) is 0 Å². The number of benzene rings is 3. The monoisotopic (exact) mass is 527 g/mol. The molecular weight excluding hydrogens is 497 g/mol. The van der Waals surface area contributed by atoms with Crippen LogP contribution in [0.4, 0.5) is 10.1 Å². The van der Waals surface area contributed by atoms with Crippen LogP contribution in [0.5, 0.6) is 0 Å². The lowest BCUT2D eigenvalue weighted by Gasteiger charge is -2.25. The van der Waals surface area contributed by atoms with E-state index in [2.05, 4.69) is 15.4 Å². The van der Waals surface area contributed by atoms with Gasteiger partial charge in [-0.15, -0.1) is 0 Å². The van der Waals surface area contributed by atoms with Gasteiger partial charge in [0, 0.05) is 24.8 Å². The lowest BCUT2D eigenvalue weighted by Crippen LogP contribution is -2.46. The SMILES string of the molecule is COCC(C)(C)NS(=O)(=O)c1ccc(NC(=O)[C@H](Cc2ccccc2)NC(=O)c2ccc(F)cc2)cc1. The molecule has 0 aromatic heterocycles. The number of sulfonamides is 1. The number of amides is 2. The first-order chi connectivity index (χ1) is 17.5. The Labute approximate surface area is 216 Å². The number of anilines is 1. The van der Waals surface area contributed by atoms with Crippen molar-refractivity contribution < 1.29 is 27.1 Å². The summed E-state index contributed by atoms with van der Waals surface area (Å²) in [6, 6.07) is 18.9. The van der Waals surface area contributed by atoms with E-state index >= 15 is 0 Å². The third kappa shape index (κ3) is 8.21. The number of hydrogen-bond donors (Lipinski definition) is 3. The molecular formula is C27H30FN3O5S. The normalized spacial score (nSPS) is 12.5. The van der Waals surface area contributed by atoms with Gasteiger partial charge in [0.15, 0.2) is 0 Å². The highest BCUT2D eigenvalue weighted by atomic mass is 32.2. The Kier molecular flexibility index (Phi) is 9.14. The van der Waals surface area contributed by atoms with E-state index in [0.29, 0.717) is 5.69 Å². The zero-order chi connectivity index (χ0) is 27.1. The third-order valence-electron chi connectivity index (χ3n) is 5.36. The van der Waals surface area contributed by atoms with Crippen molar-refractivity contribution in [2.45, 2.75) is 36.7 Å². The molecule has 0 unspecified atom stereocenters. The maximum atomic E-state index is 13.2. The van der Waals surface area contributed by atoms with Gasteiger partial charge in [-0.25, -0.2) is 17.5 Å². The number of ether oxygens (including phenoxy) is 1. The molecule has 0 aliphatic rings. The number of nitrogens with one attached hydrogen (secondary N) is 3. The molecule has 0 aliphatic carbocycles. The molecule has 2 amide bonds. The average Bonchev–Trinajstić information content (AvgIpc) is 2.84. The molecule has 0 bridgehead atoms. The van der Waals surface area contributed by atoms with Crippen molar-refractivity contribution in [3.8, 4) is 0 Å². The van der Waals surface area contributed by atoms with Crippen molar-refractivity contribution >= 4 is 27.5 Å². The Morgan fingerprint density at radius 3 is 2.16 bits per heavy atom. The van der Waals surface area contributed by atoms with Crippen LogP contribution in [-0.2, 0) is 26.0 Å². The Bertz CT molecular complexity index is 1310. The summed E-state index contributed by atoms with van der Waals surface area (Å²) in [5, 5.41) is 5.43. The number of methoxy groups -OCH3 is 1. The fourth-order valence-corrected chi connectivity index (χ4v) is 5.06. The highest BCUT2D eigenvalue weighted by molar-refractivity contribution is 7.89. The van der Waals surface area contributed by atoms with E-state index in [9.17, 15) is 22.4 Å². The second-order valence-corrected chi connectivity index (χ2v) is 10.8. The molecule has 0 heterocycles. The molecule has 0 saturated heterocycles. The predicted octanol–water partition coefficient (Wildman–Crippen LogP) is 3.51. The van der Waals surface area contributed by atoms with Crippen molar-refractivity contribution in [2.24, 2.45) is 0 Å². The zero-order valence-corrected chi connectivity index (χ0v) is 21.6. The standard InChI is InChI=1S/C27H30FN3O5S/c1-27(2,18-36-3)31-37(34,35)23-15-13-22(14-16-23)29-26(33)24(17-19-7-5-4-6-8-19)30-25(32)20-9-11-21(28)12-10-20/h4-16,24,31H,17-18H2,1-3H3,(H,29,33)(H,30,32)/t24-/m0/s1. The second-order valence-electron chi connectivity index (χ2n) is 9.16. The van der Waals surface area contributed by atoms with Crippen molar-refractivity contribution in [3.63, 3.8) is 0 Å². The molecule has 37 heavy (non-hydrogen) atoms. The maximum absolute atomic E-state index is 13.2. The molecule has 3 aromatic carbocycles. The van der Waals surface area contributed by atoms with Crippen molar-refractivity contribution in [2.75, 3.05) is 19.0 Å². The summed E-state index contributed by atoms with van der Waals surface area (Å²) in [4.78, 5) is 25.9.